The van der Waals surface area contributed by atoms with E-state index in [-0.39, 0.29) is 5.97 Å². The molecule has 3 aromatic rings. The third-order valence-electron chi connectivity index (χ3n) is 4.34. The number of nitrogens with zero attached hydrogens (tertiary/aromatic N) is 1. The minimum atomic E-state index is -0.233. The Morgan fingerprint density at radius 1 is 1.26 bits per heavy atom. The van der Waals surface area contributed by atoms with Gasteiger partial charge in [-0.25, -0.2) is 9.78 Å². The summed E-state index contributed by atoms with van der Waals surface area (Å²) in [6, 6.07) is 4.15. The minimum Gasteiger partial charge on any atom is -0.462 e. The first-order valence-corrected chi connectivity index (χ1v) is 11.9. The van der Waals surface area contributed by atoms with Gasteiger partial charge in [0.05, 0.1) is 21.0 Å². The minimum absolute atomic E-state index is 0.233. The normalized spacial score (nSPS) is 14.1. The van der Waals surface area contributed by atoms with Crippen LogP contribution in [0.3, 0.4) is 0 Å². The van der Waals surface area contributed by atoms with E-state index in [0.29, 0.717) is 11.5 Å². The quantitative estimate of drug-likeness (QED) is 0.323. The van der Waals surface area contributed by atoms with Crippen LogP contribution in [0.15, 0.2) is 34.6 Å². The molecule has 1 aliphatic rings. The first-order valence-electron chi connectivity index (χ1n) is 9.26. The molecule has 0 saturated heterocycles. The van der Waals surface area contributed by atoms with Gasteiger partial charge in [0.15, 0.2) is 0 Å². The zero-order valence-electron chi connectivity index (χ0n) is 15.4. The van der Waals surface area contributed by atoms with Crippen LogP contribution in [-0.4, -0.2) is 23.3 Å². The van der Waals surface area contributed by atoms with Crippen LogP contribution in [0.1, 0.15) is 47.8 Å². The lowest BCUT2D eigenvalue weighted by Crippen LogP contribution is -2.02. The van der Waals surface area contributed by atoms with Gasteiger partial charge in [-0.2, -0.15) is 0 Å². The second kappa shape index (κ2) is 8.17. The maximum Gasteiger partial charge on any atom is 0.348 e. The summed E-state index contributed by atoms with van der Waals surface area (Å²) in [5.74, 6) is 0.794. The molecule has 1 aliphatic carbocycles. The summed E-state index contributed by atoms with van der Waals surface area (Å²) < 4.78 is 7.63. The number of rotatable bonds is 6. The average molecular weight is 416 g/mol. The Bertz CT molecular complexity index is 1060. The second-order valence-electron chi connectivity index (χ2n) is 6.28. The Hall–Kier alpha value is -1.63. The lowest BCUT2D eigenvalue weighted by molar-refractivity contribution is 0.0534. The monoisotopic (exact) mass is 415 g/mol. The standard InChI is InChI=1S/C21H21NO2S3/c1-3-12-25-21-16-14(18(27-21)20(23)24-4-2)10-11-15-17(16)22-19(26-15)13-8-6-5-7-9-13/h6,8-11H,3-5,7,12H2,1-2H3. The molecule has 0 aliphatic heterocycles. The van der Waals surface area contributed by atoms with Gasteiger partial charge in [0, 0.05) is 16.3 Å². The molecule has 0 atom stereocenters. The third-order valence-corrected chi connectivity index (χ3v) is 8.08. The Kier molecular flexibility index (Phi) is 5.66. The molecule has 0 amide bonds. The van der Waals surface area contributed by atoms with Crippen LogP contribution in [0, 0.1) is 0 Å². The van der Waals surface area contributed by atoms with Crippen LogP contribution >= 0.6 is 34.4 Å². The summed E-state index contributed by atoms with van der Waals surface area (Å²) in [5.41, 5.74) is 2.22. The molecule has 0 bridgehead atoms. The fraction of sp³-hybridized carbons (Fsp3) is 0.333. The van der Waals surface area contributed by atoms with Gasteiger partial charge in [-0.3, -0.25) is 0 Å². The number of allylic oxidation sites excluding steroid dienone is 4. The van der Waals surface area contributed by atoms with Crippen molar-refractivity contribution in [1.29, 1.82) is 0 Å². The van der Waals surface area contributed by atoms with Crippen molar-refractivity contribution in [3.63, 3.8) is 0 Å². The SMILES string of the molecule is CCCSc1sc(C(=O)OCC)c2ccc3sc(C4=CCCC=C4)nc3c12. The molecular weight excluding hydrogens is 394 g/mol. The molecule has 4 rings (SSSR count). The highest BCUT2D eigenvalue weighted by Crippen LogP contribution is 2.44. The second-order valence-corrected chi connectivity index (χ2v) is 9.70. The van der Waals surface area contributed by atoms with Crippen LogP contribution in [0.5, 0.6) is 0 Å². The Labute approximate surface area is 171 Å². The highest BCUT2D eigenvalue weighted by atomic mass is 32.2. The van der Waals surface area contributed by atoms with Gasteiger partial charge in [-0.15, -0.1) is 34.4 Å². The topological polar surface area (TPSA) is 39.2 Å². The number of hydrogen-bond donors (Lipinski definition) is 0. The van der Waals surface area contributed by atoms with E-state index in [1.54, 1.807) is 22.7 Å². The lowest BCUT2D eigenvalue weighted by Gasteiger charge is -2.02. The fourth-order valence-corrected chi connectivity index (χ4v) is 6.52. The molecule has 140 valence electrons. The summed E-state index contributed by atoms with van der Waals surface area (Å²) in [6.45, 7) is 4.41. The summed E-state index contributed by atoms with van der Waals surface area (Å²) in [5, 5.41) is 3.14. The highest BCUT2D eigenvalue weighted by Gasteiger charge is 2.22. The lowest BCUT2D eigenvalue weighted by atomic mass is 10.1. The molecular formula is C21H21NO2S3. The molecule has 0 saturated carbocycles. The number of hydrogen-bond acceptors (Lipinski definition) is 6. The smallest absolute Gasteiger partial charge is 0.348 e. The molecule has 0 radical (unpaired) electrons. The third kappa shape index (κ3) is 3.58. The molecule has 2 aromatic heterocycles. The van der Waals surface area contributed by atoms with E-state index in [9.17, 15) is 4.79 Å². The number of aromatic nitrogens is 1. The first-order chi connectivity index (χ1) is 13.2. The van der Waals surface area contributed by atoms with E-state index in [4.69, 9.17) is 9.72 Å². The maximum atomic E-state index is 12.5. The van der Waals surface area contributed by atoms with Crippen LogP contribution in [0.25, 0.3) is 26.6 Å². The maximum absolute atomic E-state index is 12.5. The molecule has 3 nitrogen and oxygen atoms in total. The molecule has 2 heterocycles. The van der Waals surface area contributed by atoms with Crippen LogP contribution in [-0.2, 0) is 4.74 Å². The summed E-state index contributed by atoms with van der Waals surface area (Å²) in [6.07, 6.45) is 9.91. The number of fused-ring (bicyclic) bond motifs is 3. The molecule has 1 aromatic carbocycles. The van der Waals surface area contributed by atoms with Crippen molar-refractivity contribution in [2.75, 3.05) is 12.4 Å². The van der Waals surface area contributed by atoms with Crippen molar-refractivity contribution in [3.8, 4) is 0 Å². The van der Waals surface area contributed by atoms with Crippen molar-refractivity contribution in [2.45, 2.75) is 37.3 Å². The Morgan fingerprint density at radius 2 is 2.15 bits per heavy atom. The van der Waals surface area contributed by atoms with Gasteiger partial charge < -0.3 is 4.74 Å². The molecule has 0 N–H and O–H groups in total. The number of thiazole rings is 1. The van der Waals surface area contributed by atoms with Gasteiger partial charge in [0.2, 0.25) is 0 Å². The van der Waals surface area contributed by atoms with Crippen molar-refractivity contribution in [2.24, 2.45) is 0 Å². The first kappa shape index (κ1) is 18.7. The van der Waals surface area contributed by atoms with Gasteiger partial charge >= 0.3 is 5.97 Å². The fourth-order valence-electron chi connectivity index (χ4n) is 3.13. The Morgan fingerprint density at radius 3 is 2.89 bits per heavy atom. The summed E-state index contributed by atoms with van der Waals surface area (Å²) in [4.78, 5) is 18.2. The molecule has 0 fully saturated rings. The number of esters is 1. The van der Waals surface area contributed by atoms with Crippen molar-refractivity contribution in [3.05, 3.63) is 40.2 Å². The van der Waals surface area contributed by atoms with Crippen molar-refractivity contribution >= 4 is 67.0 Å². The summed E-state index contributed by atoms with van der Waals surface area (Å²) >= 11 is 5.09. The van der Waals surface area contributed by atoms with E-state index < -0.39 is 0 Å². The van der Waals surface area contributed by atoms with E-state index in [2.05, 4.69) is 37.3 Å². The number of carbonyl (C=O) groups is 1. The zero-order chi connectivity index (χ0) is 18.8. The van der Waals surface area contributed by atoms with Crippen molar-refractivity contribution in [1.82, 2.24) is 4.98 Å². The number of thiophene rings is 1. The largest absolute Gasteiger partial charge is 0.462 e. The molecule has 27 heavy (non-hydrogen) atoms. The number of carbonyl (C=O) groups excluding carboxylic acids is 1. The van der Waals surface area contributed by atoms with Crippen LogP contribution in [0.2, 0.25) is 0 Å². The van der Waals surface area contributed by atoms with Gasteiger partial charge in [-0.1, -0.05) is 31.2 Å². The van der Waals surface area contributed by atoms with Crippen molar-refractivity contribution < 1.29 is 9.53 Å². The van der Waals surface area contributed by atoms with E-state index in [1.807, 2.05) is 18.7 Å². The number of ether oxygens (including phenoxy) is 1. The summed E-state index contributed by atoms with van der Waals surface area (Å²) in [7, 11) is 0. The van der Waals surface area contributed by atoms with Crippen LogP contribution < -0.4 is 0 Å². The Balaban J connectivity index is 1.90. The van der Waals surface area contributed by atoms with Gasteiger partial charge in [0.25, 0.3) is 0 Å². The van der Waals surface area contributed by atoms with Gasteiger partial charge in [0.1, 0.15) is 9.88 Å². The van der Waals surface area contributed by atoms with E-state index in [1.165, 1.54) is 14.5 Å². The zero-order valence-corrected chi connectivity index (χ0v) is 17.9. The predicted molar refractivity (Wildman–Crippen MR) is 118 cm³/mol. The average Bonchev–Trinajstić information content (AvgIpc) is 3.28. The van der Waals surface area contributed by atoms with E-state index >= 15 is 0 Å². The molecule has 0 unspecified atom stereocenters. The number of benzene rings is 1. The van der Waals surface area contributed by atoms with E-state index in [0.717, 1.165) is 46.3 Å². The predicted octanol–water partition coefficient (Wildman–Crippen LogP) is 6.92. The molecule has 6 heteroatoms. The van der Waals surface area contributed by atoms with Gasteiger partial charge in [-0.05, 0) is 38.0 Å². The highest BCUT2D eigenvalue weighted by molar-refractivity contribution is 8.01. The number of thioether (sulfide) groups is 1. The van der Waals surface area contributed by atoms with Crippen LogP contribution in [0.4, 0.5) is 0 Å². The molecule has 0 spiro atoms.